The highest BCUT2D eigenvalue weighted by molar-refractivity contribution is 7.20. The number of furan rings is 1. The van der Waals surface area contributed by atoms with E-state index in [-0.39, 0.29) is 12.3 Å². The molecule has 0 aliphatic rings. The van der Waals surface area contributed by atoms with E-state index in [9.17, 15) is 9.59 Å². The zero-order valence-electron chi connectivity index (χ0n) is 15.9. The summed E-state index contributed by atoms with van der Waals surface area (Å²) < 4.78 is 5.39. The number of hydrogen-bond donors (Lipinski definition) is 2. The number of benzene rings is 1. The van der Waals surface area contributed by atoms with Crippen LogP contribution in [0.2, 0.25) is 0 Å². The molecule has 4 rings (SSSR count). The van der Waals surface area contributed by atoms with Gasteiger partial charge < -0.3 is 15.5 Å². The molecule has 0 bridgehead atoms. The number of rotatable bonds is 5. The lowest BCUT2D eigenvalue weighted by Gasteiger charge is -2.06. The Morgan fingerprint density at radius 3 is 2.55 bits per heavy atom. The smallest absolute Gasteiger partial charge is 0.266 e. The Hall–Kier alpha value is -3.52. The molecule has 3 heterocycles. The van der Waals surface area contributed by atoms with Crippen molar-refractivity contribution in [1.29, 1.82) is 0 Å². The first-order valence-electron chi connectivity index (χ1n) is 8.92. The monoisotopic (exact) mass is 406 g/mol. The van der Waals surface area contributed by atoms with Crippen molar-refractivity contribution >= 4 is 39.1 Å². The molecule has 8 heteroatoms. The van der Waals surface area contributed by atoms with Gasteiger partial charge in [0.1, 0.15) is 4.83 Å². The fraction of sp³-hybridized carbons (Fsp3) is 0.143. The molecule has 0 aliphatic heterocycles. The van der Waals surface area contributed by atoms with Crippen molar-refractivity contribution in [2.75, 3.05) is 5.32 Å². The van der Waals surface area contributed by atoms with Gasteiger partial charge in [0.05, 0.1) is 23.3 Å². The average Bonchev–Trinajstić information content (AvgIpc) is 3.31. The Balaban J connectivity index is 1.63. The second-order valence-electron chi connectivity index (χ2n) is 6.64. The number of nitrogens with two attached hydrogens (primary N) is 1. The van der Waals surface area contributed by atoms with E-state index in [0.29, 0.717) is 22.1 Å². The second-order valence-corrected chi connectivity index (χ2v) is 7.64. The predicted molar refractivity (Wildman–Crippen MR) is 112 cm³/mol. The normalized spacial score (nSPS) is 11.0. The number of carbonyl (C=O) groups is 2. The SMILES string of the molecule is Cc1nc(-c2ccco2)nc2sc(C(=O)Nc3ccc(CC(N)=O)cc3)c(C)c12. The molecule has 0 fully saturated rings. The first kappa shape index (κ1) is 18.8. The Morgan fingerprint density at radius 1 is 1.14 bits per heavy atom. The predicted octanol–water partition coefficient (Wildman–Crippen LogP) is 3.85. The van der Waals surface area contributed by atoms with Gasteiger partial charge in [0.25, 0.3) is 5.91 Å². The first-order chi connectivity index (χ1) is 13.9. The van der Waals surface area contributed by atoms with Crippen LogP contribution in [0.5, 0.6) is 0 Å². The van der Waals surface area contributed by atoms with Gasteiger partial charge in [-0.15, -0.1) is 11.3 Å². The van der Waals surface area contributed by atoms with Gasteiger partial charge in [-0.1, -0.05) is 12.1 Å². The van der Waals surface area contributed by atoms with Crippen molar-refractivity contribution in [2.24, 2.45) is 5.73 Å². The van der Waals surface area contributed by atoms with Crippen LogP contribution in [0.15, 0.2) is 47.1 Å². The molecule has 3 N–H and O–H groups in total. The van der Waals surface area contributed by atoms with Crippen molar-refractivity contribution in [1.82, 2.24) is 9.97 Å². The van der Waals surface area contributed by atoms with Crippen LogP contribution in [0.25, 0.3) is 21.8 Å². The van der Waals surface area contributed by atoms with Crippen LogP contribution in [0.1, 0.15) is 26.5 Å². The lowest BCUT2D eigenvalue weighted by molar-refractivity contribution is -0.117. The van der Waals surface area contributed by atoms with Crippen LogP contribution in [0.3, 0.4) is 0 Å². The number of hydrogen-bond acceptors (Lipinski definition) is 6. The summed E-state index contributed by atoms with van der Waals surface area (Å²) in [4.78, 5) is 34.3. The minimum absolute atomic E-state index is 0.166. The number of nitrogens with zero attached hydrogens (tertiary/aromatic N) is 2. The molecule has 0 spiro atoms. The summed E-state index contributed by atoms with van der Waals surface area (Å²) in [5.41, 5.74) is 8.28. The molecule has 0 saturated carbocycles. The number of aromatic nitrogens is 2. The highest BCUT2D eigenvalue weighted by Gasteiger charge is 2.20. The number of amides is 2. The lowest BCUT2D eigenvalue weighted by Crippen LogP contribution is -2.14. The van der Waals surface area contributed by atoms with E-state index in [1.807, 2.05) is 13.8 Å². The molecule has 7 nitrogen and oxygen atoms in total. The van der Waals surface area contributed by atoms with Crippen molar-refractivity contribution in [2.45, 2.75) is 20.3 Å². The van der Waals surface area contributed by atoms with E-state index in [0.717, 1.165) is 27.0 Å². The Labute approximate surface area is 170 Å². The number of primary amides is 1. The summed E-state index contributed by atoms with van der Waals surface area (Å²) in [6.45, 7) is 3.79. The van der Waals surface area contributed by atoms with E-state index in [1.54, 1.807) is 42.7 Å². The molecule has 1 aromatic carbocycles. The third kappa shape index (κ3) is 3.74. The number of nitrogens with one attached hydrogen (secondary N) is 1. The number of aryl methyl sites for hydroxylation is 2. The van der Waals surface area contributed by atoms with Crippen molar-refractivity contribution < 1.29 is 14.0 Å². The molecule has 2 amide bonds. The highest BCUT2D eigenvalue weighted by atomic mass is 32.1. The molecular weight excluding hydrogens is 388 g/mol. The van der Waals surface area contributed by atoms with Crippen LogP contribution in [-0.2, 0) is 11.2 Å². The lowest BCUT2D eigenvalue weighted by atomic mass is 10.1. The zero-order chi connectivity index (χ0) is 20.5. The maximum absolute atomic E-state index is 12.9. The minimum atomic E-state index is -0.395. The molecule has 3 aromatic heterocycles. The Bertz CT molecular complexity index is 1210. The maximum Gasteiger partial charge on any atom is 0.266 e. The number of thiophene rings is 1. The van der Waals surface area contributed by atoms with E-state index >= 15 is 0 Å². The molecule has 4 aromatic rings. The molecule has 0 aliphatic carbocycles. The molecule has 29 heavy (non-hydrogen) atoms. The number of carbonyl (C=O) groups excluding carboxylic acids is 2. The third-order valence-electron chi connectivity index (χ3n) is 4.51. The van der Waals surface area contributed by atoms with E-state index < -0.39 is 5.91 Å². The average molecular weight is 406 g/mol. The Kier molecular flexibility index (Phi) is 4.85. The quantitative estimate of drug-likeness (QED) is 0.523. The van der Waals surface area contributed by atoms with Crippen LogP contribution in [-0.4, -0.2) is 21.8 Å². The minimum Gasteiger partial charge on any atom is -0.461 e. The van der Waals surface area contributed by atoms with Crippen molar-refractivity contribution in [3.8, 4) is 11.6 Å². The van der Waals surface area contributed by atoms with E-state index in [2.05, 4.69) is 15.3 Å². The van der Waals surface area contributed by atoms with Crippen LogP contribution in [0, 0.1) is 13.8 Å². The summed E-state index contributed by atoms with van der Waals surface area (Å²) in [5, 5.41) is 3.77. The van der Waals surface area contributed by atoms with Gasteiger partial charge in [0, 0.05) is 11.1 Å². The maximum atomic E-state index is 12.9. The molecular formula is C21H18N4O3S. The number of fused-ring (bicyclic) bond motifs is 1. The van der Waals surface area contributed by atoms with Gasteiger partial charge in [-0.3, -0.25) is 9.59 Å². The van der Waals surface area contributed by atoms with Crippen molar-refractivity contribution in [3.05, 3.63) is 64.4 Å². The van der Waals surface area contributed by atoms with Gasteiger partial charge in [-0.25, -0.2) is 9.97 Å². The van der Waals surface area contributed by atoms with Crippen LogP contribution >= 0.6 is 11.3 Å². The molecule has 0 saturated heterocycles. The molecule has 146 valence electrons. The van der Waals surface area contributed by atoms with Gasteiger partial charge in [-0.05, 0) is 49.2 Å². The fourth-order valence-electron chi connectivity index (χ4n) is 3.17. The topological polar surface area (TPSA) is 111 Å². The largest absolute Gasteiger partial charge is 0.461 e. The third-order valence-corrected chi connectivity index (χ3v) is 5.69. The second kappa shape index (κ2) is 7.48. The highest BCUT2D eigenvalue weighted by Crippen LogP contribution is 2.33. The van der Waals surface area contributed by atoms with Gasteiger partial charge in [0.15, 0.2) is 11.6 Å². The summed E-state index contributed by atoms with van der Waals surface area (Å²) in [7, 11) is 0. The summed E-state index contributed by atoms with van der Waals surface area (Å²) >= 11 is 1.32. The van der Waals surface area contributed by atoms with Gasteiger partial charge in [-0.2, -0.15) is 0 Å². The van der Waals surface area contributed by atoms with Gasteiger partial charge >= 0.3 is 0 Å². The number of anilines is 1. The molecule has 0 atom stereocenters. The Morgan fingerprint density at radius 2 is 1.90 bits per heavy atom. The van der Waals surface area contributed by atoms with Crippen LogP contribution in [0.4, 0.5) is 5.69 Å². The van der Waals surface area contributed by atoms with Gasteiger partial charge in [0.2, 0.25) is 5.91 Å². The standard InChI is InChI=1S/C21H18N4O3S/c1-11-17-12(2)23-19(15-4-3-9-28-15)25-21(17)29-18(11)20(27)24-14-7-5-13(6-8-14)10-16(22)26/h3-9H,10H2,1-2H3,(H2,22,26)(H,24,27). The first-order valence-corrected chi connectivity index (χ1v) is 9.74. The van der Waals surface area contributed by atoms with Crippen molar-refractivity contribution in [3.63, 3.8) is 0 Å². The molecule has 0 radical (unpaired) electrons. The summed E-state index contributed by atoms with van der Waals surface area (Å²) in [6.07, 6.45) is 1.74. The fourth-order valence-corrected chi connectivity index (χ4v) is 4.29. The van der Waals surface area contributed by atoms with E-state index in [1.165, 1.54) is 11.3 Å². The summed E-state index contributed by atoms with van der Waals surface area (Å²) in [6, 6.07) is 10.6. The zero-order valence-corrected chi connectivity index (χ0v) is 16.7. The molecule has 0 unspecified atom stereocenters. The van der Waals surface area contributed by atoms with Crippen LogP contribution < -0.4 is 11.1 Å². The summed E-state index contributed by atoms with van der Waals surface area (Å²) in [5.74, 6) is 0.474. The van der Waals surface area contributed by atoms with E-state index in [4.69, 9.17) is 10.2 Å².